The highest BCUT2D eigenvalue weighted by Crippen LogP contribution is 2.22. The van der Waals surface area contributed by atoms with E-state index in [0.29, 0.717) is 6.54 Å². The Kier molecular flexibility index (Phi) is 5.36. The molecular formula is C14H22N4O. The molecule has 0 bridgehead atoms. The van der Waals surface area contributed by atoms with Gasteiger partial charge < -0.3 is 11.5 Å². The molecule has 0 radical (unpaired) electrons. The first-order valence-corrected chi connectivity index (χ1v) is 6.44. The summed E-state index contributed by atoms with van der Waals surface area (Å²) in [5, 5.41) is 0. The number of carbonyl (C=O) groups is 1. The summed E-state index contributed by atoms with van der Waals surface area (Å²) >= 11 is 0. The van der Waals surface area contributed by atoms with E-state index >= 15 is 0 Å². The standard InChI is InChI=1S/C14H22N4O/c1-4-5-8-18(14(19)17-13(15)16)12-7-6-10(2)9-11(12)3/h6-7,9H,4-5,8H2,1-3H3,(H4,15,16,17,19). The van der Waals surface area contributed by atoms with Gasteiger partial charge in [-0.3, -0.25) is 4.90 Å². The lowest BCUT2D eigenvalue weighted by molar-refractivity contribution is 0.254. The van der Waals surface area contributed by atoms with Crippen LogP contribution in [0.4, 0.5) is 10.5 Å². The zero-order chi connectivity index (χ0) is 14.4. The van der Waals surface area contributed by atoms with E-state index in [0.717, 1.165) is 29.7 Å². The summed E-state index contributed by atoms with van der Waals surface area (Å²) in [7, 11) is 0. The first-order valence-electron chi connectivity index (χ1n) is 6.44. The number of hydrogen-bond donors (Lipinski definition) is 2. The summed E-state index contributed by atoms with van der Waals surface area (Å²) in [5.41, 5.74) is 13.6. The van der Waals surface area contributed by atoms with Crippen LogP contribution in [-0.4, -0.2) is 18.5 Å². The van der Waals surface area contributed by atoms with Gasteiger partial charge in [0.1, 0.15) is 0 Å². The minimum atomic E-state index is -0.416. The molecule has 19 heavy (non-hydrogen) atoms. The first-order chi connectivity index (χ1) is 8.95. The van der Waals surface area contributed by atoms with E-state index in [1.165, 1.54) is 0 Å². The number of hydrogen-bond acceptors (Lipinski definition) is 1. The molecule has 0 saturated carbocycles. The predicted octanol–water partition coefficient (Wildman–Crippen LogP) is 2.30. The number of unbranched alkanes of at least 4 members (excludes halogenated alkanes) is 1. The van der Waals surface area contributed by atoms with E-state index in [-0.39, 0.29) is 5.96 Å². The SMILES string of the molecule is CCCCN(C(=O)N=C(N)N)c1ccc(C)cc1C. The lowest BCUT2D eigenvalue weighted by Gasteiger charge is -2.22. The van der Waals surface area contributed by atoms with Gasteiger partial charge in [0.2, 0.25) is 0 Å². The second-order valence-corrected chi connectivity index (χ2v) is 4.61. The molecule has 1 aromatic carbocycles. The minimum absolute atomic E-state index is 0.212. The number of nitrogens with zero attached hydrogens (tertiary/aromatic N) is 2. The van der Waals surface area contributed by atoms with Gasteiger partial charge in [-0.25, -0.2) is 4.79 Å². The number of urea groups is 1. The van der Waals surface area contributed by atoms with Gasteiger partial charge in [-0.05, 0) is 31.9 Å². The van der Waals surface area contributed by atoms with Crippen molar-refractivity contribution in [2.75, 3.05) is 11.4 Å². The van der Waals surface area contributed by atoms with Crippen LogP contribution in [0, 0.1) is 13.8 Å². The lowest BCUT2D eigenvalue weighted by Crippen LogP contribution is -2.33. The Morgan fingerprint density at radius 2 is 2.00 bits per heavy atom. The van der Waals surface area contributed by atoms with Gasteiger partial charge in [-0.1, -0.05) is 31.0 Å². The second-order valence-electron chi connectivity index (χ2n) is 4.61. The highest BCUT2D eigenvalue weighted by Gasteiger charge is 2.16. The molecule has 1 rings (SSSR count). The zero-order valence-electron chi connectivity index (χ0n) is 11.8. The summed E-state index contributed by atoms with van der Waals surface area (Å²) in [6.45, 7) is 6.68. The summed E-state index contributed by atoms with van der Waals surface area (Å²) in [4.78, 5) is 17.3. The van der Waals surface area contributed by atoms with Crippen molar-refractivity contribution in [3.8, 4) is 0 Å². The van der Waals surface area contributed by atoms with Crippen molar-refractivity contribution in [2.45, 2.75) is 33.6 Å². The number of nitrogens with two attached hydrogens (primary N) is 2. The molecular weight excluding hydrogens is 240 g/mol. The number of amides is 2. The second kappa shape index (κ2) is 6.78. The normalized spacial score (nSPS) is 10.1. The molecule has 5 nitrogen and oxygen atoms in total. The van der Waals surface area contributed by atoms with E-state index in [1.807, 2.05) is 32.0 Å². The van der Waals surface area contributed by atoms with Crippen LogP contribution < -0.4 is 16.4 Å². The Morgan fingerprint density at radius 1 is 1.32 bits per heavy atom. The molecule has 0 heterocycles. The average Bonchev–Trinajstić information content (AvgIpc) is 2.31. The Labute approximate surface area is 114 Å². The average molecular weight is 262 g/mol. The number of aliphatic imine (C=N–C) groups is 1. The molecule has 2 amide bonds. The summed E-state index contributed by atoms with van der Waals surface area (Å²) in [6.07, 6.45) is 1.90. The fourth-order valence-electron chi connectivity index (χ4n) is 1.91. The van der Waals surface area contributed by atoms with Gasteiger partial charge in [0.25, 0.3) is 0 Å². The quantitative estimate of drug-likeness (QED) is 0.645. The fourth-order valence-corrected chi connectivity index (χ4v) is 1.91. The van der Waals surface area contributed by atoms with Crippen LogP contribution in [0.2, 0.25) is 0 Å². The largest absolute Gasteiger partial charge is 0.370 e. The minimum Gasteiger partial charge on any atom is -0.370 e. The number of rotatable bonds is 4. The third-order valence-electron chi connectivity index (χ3n) is 2.83. The fraction of sp³-hybridized carbons (Fsp3) is 0.429. The van der Waals surface area contributed by atoms with Crippen LogP contribution in [0.15, 0.2) is 23.2 Å². The van der Waals surface area contributed by atoms with Crippen molar-refractivity contribution in [2.24, 2.45) is 16.5 Å². The molecule has 104 valence electrons. The lowest BCUT2D eigenvalue weighted by atomic mass is 10.1. The highest BCUT2D eigenvalue weighted by molar-refractivity contribution is 6.00. The summed E-state index contributed by atoms with van der Waals surface area (Å²) in [6, 6.07) is 5.53. The number of guanidine groups is 1. The topological polar surface area (TPSA) is 84.7 Å². The van der Waals surface area contributed by atoms with Crippen LogP contribution in [0.3, 0.4) is 0 Å². The molecule has 0 aliphatic heterocycles. The van der Waals surface area contributed by atoms with Gasteiger partial charge in [0.15, 0.2) is 5.96 Å². The third kappa shape index (κ3) is 4.28. The van der Waals surface area contributed by atoms with E-state index in [1.54, 1.807) is 4.90 Å². The molecule has 4 N–H and O–H groups in total. The van der Waals surface area contributed by atoms with E-state index in [2.05, 4.69) is 11.9 Å². The van der Waals surface area contributed by atoms with Crippen LogP contribution in [0.25, 0.3) is 0 Å². The van der Waals surface area contributed by atoms with Gasteiger partial charge >= 0.3 is 6.03 Å². The van der Waals surface area contributed by atoms with Crippen LogP contribution in [0.5, 0.6) is 0 Å². The van der Waals surface area contributed by atoms with Crippen molar-refractivity contribution in [1.82, 2.24) is 0 Å². The maximum atomic E-state index is 12.1. The maximum Gasteiger partial charge on any atom is 0.351 e. The molecule has 0 aromatic heterocycles. The molecule has 0 atom stereocenters. The maximum absolute atomic E-state index is 12.1. The Morgan fingerprint density at radius 3 is 2.53 bits per heavy atom. The van der Waals surface area contributed by atoms with Crippen LogP contribution in [0.1, 0.15) is 30.9 Å². The Hall–Kier alpha value is -2.04. The zero-order valence-corrected chi connectivity index (χ0v) is 11.8. The number of carbonyl (C=O) groups excluding carboxylic acids is 1. The molecule has 0 spiro atoms. The molecule has 0 aliphatic rings. The number of anilines is 1. The van der Waals surface area contributed by atoms with E-state index in [4.69, 9.17) is 11.5 Å². The monoisotopic (exact) mass is 262 g/mol. The molecule has 0 fully saturated rings. The number of benzene rings is 1. The molecule has 0 aliphatic carbocycles. The molecule has 5 heteroatoms. The molecule has 0 unspecified atom stereocenters. The Balaban J connectivity index is 3.08. The van der Waals surface area contributed by atoms with Gasteiger partial charge in [-0.2, -0.15) is 4.99 Å². The number of aryl methyl sites for hydroxylation is 2. The molecule has 0 saturated heterocycles. The highest BCUT2D eigenvalue weighted by atomic mass is 16.2. The van der Waals surface area contributed by atoms with Crippen molar-refractivity contribution in [3.05, 3.63) is 29.3 Å². The van der Waals surface area contributed by atoms with E-state index < -0.39 is 6.03 Å². The summed E-state index contributed by atoms with van der Waals surface area (Å²) < 4.78 is 0. The predicted molar refractivity (Wildman–Crippen MR) is 79.4 cm³/mol. The van der Waals surface area contributed by atoms with Crippen molar-refractivity contribution in [1.29, 1.82) is 0 Å². The van der Waals surface area contributed by atoms with Crippen LogP contribution >= 0.6 is 0 Å². The Bertz CT molecular complexity index is 478. The van der Waals surface area contributed by atoms with Crippen molar-refractivity contribution >= 4 is 17.7 Å². The van der Waals surface area contributed by atoms with Crippen molar-refractivity contribution < 1.29 is 4.79 Å². The van der Waals surface area contributed by atoms with E-state index in [9.17, 15) is 4.79 Å². The van der Waals surface area contributed by atoms with Gasteiger partial charge in [-0.15, -0.1) is 0 Å². The first kappa shape index (κ1) is 15.0. The van der Waals surface area contributed by atoms with Crippen LogP contribution in [-0.2, 0) is 0 Å². The smallest absolute Gasteiger partial charge is 0.351 e. The molecule has 1 aromatic rings. The van der Waals surface area contributed by atoms with Gasteiger partial charge in [0, 0.05) is 12.2 Å². The van der Waals surface area contributed by atoms with Gasteiger partial charge in [0.05, 0.1) is 0 Å². The summed E-state index contributed by atoms with van der Waals surface area (Å²) in [5.74, 6) is -0.212. The third-order valence-corrected chi connectivity index (χ3v) is 2.83. The van der Waals surface area contributed by atoms with Crippen molar-refractivity contribution in [3.63, 3.8) is 0 Å².